The summed E-state index contributed by atoms with van der Waals surface area (Å²) in [5.41, 5.74) is 4.86. The Balaban J connectivity index is 4.67. The van der Waals surface area contributed by atoms with Crippen LogP contribution in [0.4, 0.5) is 4.79 Å². The van der Waals surface area contributed by atoms with Crippen molar-refractivity contribution in [3.05, 3.63) is 0 Å². The van der Waals surface area contributed by atoms with Gasteiger partial charge in [-0.1, -0.05) is 20.2 Å². The smallest absolute Gasteiger partial charge is 0.312 e. The van der Waals surface area contributed by atoms with Crippen molar-refractivity contribution in [1.29, 1.82) is 0 Å². The number of carbonyl (C=O) groups excluding carboxylic acids is 5. The maximum Gasteiger partial charge on any atom is 0.312 e. The summed E-state index contributed by atoms with van der Waals surface area (Å²) >= 11 is 0. The van der Waals surface area contributed by atoms with E-state index in [1.54, 1.807) is 13.8 Å². The van der Waals surface area contributed by atoms with Gasteiger partial charge >= 0.3 is 6.03 Å². The number of urea groups is 1. The Hall–Kier alpha value is -2.39. The van der Waals surface area contributed by atoms with Crippen molar-refractivity contribution in [2.45, 2.75) is 65.4 Å². The average molecular weight is 381 g/mol. The molecule has 0 aromatic heterocycles. The van der Waals surface area contributed by atoms with Crippen LogP contribution in [0.1, 0.15) is 47.0 Å². The molecule has 0 aliphatic carbocycles. The van der Waals surface area contributed by atoms with Gasteiger partial charge in [0, 0.05) is 13.0 Å². The summed E-state index contributed by atoms with van der Waals surface area (Å²) in [5, 5.41) is 7.72. The predicted octanol–water partition coefficient (Wildman–Crippen LogP) is -0.291. The number of hydrogen-bond donors (Lipinski definition) is 4. The number of Topliss-reactive ketones (excluding diaryl/α,β-unsaturated/α-hetero) is 1. The third kappa shape index (κ3) is 11.8. The van der Waals surface area contributed by atoms with Crippen LogP contribution in [0.5, 0.6) is 0 Å². The molecule has 0 spiro atoms. The standard InChI is InChI=1S/C17H30BN4O5/c1-10(2)15(22-14(25)7-8-18-12(4)24)16(26)21-13(11(3)23)6-5-9-20-17(19)27/h10,13,15H,5-9H2,1-4H3,(H,21,26)(H,22,25)(H3,19,20,27). The highest BCUT2D eigenvalue weighted by Crippen LogP contribution is 2.06. The second-order valence-corrected chi connectivity index (χ2v) is 6.75. The quantitative estimate of drug-likeness (QED) is 0.256. The number of nitrogens with one attached hydrogen (secondary N) is 3. The molecule has 27 heavy (non-hydrogen) atoms. The van der Waals surface area contributed by atoms with Gasteiger partial charge in [0.1, 0.15) is 6.04 Å². The molecule has 0 bridgehead atoms. The topological polar surface area (TPSA) is 147 Å². The summed E-state index contributed by atoms with van der Waals surface area (Å²) in [6.45, 7) is 6.64. The van der Waals surface area contributed by atoms with Crippen LogP contribution >= 0.6 is 0 Å². The molecule has 0 rings (SSSR count). The molecule has 0 saturated carbocycles. The van der Waals surface area contributed by atoms with E-state index in [9.17, 15) is 24.0 Å². The lowest BCUT2D eigenvalue weighted by Crippen LogP contribution is -2.53. The van der Waals surface area contributed by atoms with Crippen LogP contribution in [0.2, 0.25) is 6.32 Å². The van der Waals surface area contributed by atoms with Crippen LogP contribution in [-0.4, -0.2) is 55.2 Å². The Morgan fingerprint density at radius 2 is 1.67 bits per heavy atom. The fraction of sp³-hybridized carbons (Fsp3) is 0.706. The molecule has 151 valence electrons. The first-order chi connectivity index (χ1) is 12.5. The van der Waals surface area contributed by atoms with Crippen molar-refractivity contribution in [2.24, 2.45) is 11.7 Å². The van der Waals surface area contributed by atoms with Crippen molar-refractivity contribution in [3.8, 4) is 0 Å². The lowest BCUT2D eigenvalue weighted by Gasteiger charge is -2.24. The molecule has 0 fully saturated rings. The third-order valence-corrected chi connectivity index (χ3v) is 3.84. The van der Waals surface area contributed by atoms with Crippen LogP contribution in [0.3, 0.4) is 0 Å². The minimum absolute atomic E-state index is 0.102. The van der Waals surface area contributed by atoms with E-state index < -0.39 is 24.0 Å². The van der Waals surface area contributed by atoms with Gasteiger partial charge in [-0.3, -0.25) is 14.4 Å². The normalized spacial score (nSPS) is 12.6. The van der Waals surface area contributed by atoms with Crippen LogP contribution in [0.15, 0.2) is 0 Å². The van der Waals surface area contributed by atoms with E-state index in [4.69, 9.17) is 5.73 Å². The molecule has 0 aliphatic heterocycles. The highest BCUT2D eigenvalue weighted by Gasteiger charge is 2.27. The monoisotopic (exact) mass is 381 g/mol. The highest BCUT2D eigenvalue weighted by atomic mass is 16.2. The number of carbonyl (C=O) groups is 5. The molecule has 2 unspecified atom stereocenters. The largest absolute Gasteiger partial charge is 0.352 e. The number of hydrogen-bond acceptors (Lipinski definition) is 5. The molecule has 2 atom stereocenters. The lowest BCUT2D eigenvalue weighted by molar-refractivity contribution is -0.132. The first kappa shape index (κ1) is 24.6. The molecule has 0 aromatic carbocycles. The molecule has 0 aromatic rings. The van der Waals surface area contributed by atoms with Crippen molar-refractivity contribution in [1.82, 2.24) is 16.0 Å². The molecule has 0 aliphatic rings. The molecule has 4 amide bonds. The predicted molar refractivity (Wildman–Crippen MR) is 102 cm³/mol. The van der Waals surface area contributed by atoms with Gasteiger partial charge in [0.05, 0.1) is 11.7 Å². The second-order valence-electron chi connectivity index (χ2n) is 6.75. The number of amides is 4. The van der Waals surface area contributed by atoms with Crippen LogP contribution in [0, 0.1) is 5.92 Å². The zero-order valence-corrected chi connectivity index (χ0v) is 16.5. The Morgan fingerprint density at radius 3 is 2.15 bits per heavy atom. The van der Waals surface area contributed by atoms with E-state index >= 15 is 0 Å². The molecule has 5 N–H and O–H groups in total. The van der Waals surface area contributed by atoms with Gasteiger partial charge in [-0.15, -0.1) is 0 Å². The van der Waals surface area contributed by atoms with E-state index in [1.807, 2.05) is 0 Å². The maximum atomic E-state index is 12.5. The van der Waals surface area contributed by atoms with Crippen molar-refractivity contribution in [3.63, 3.8) is 0 Å². The van der Waals surface area contributed by atoms with Gasteiger partial charge in [-0.25, -0.2) is 4.79 Å². The minimum atomic E-state index is -0.791. The zero-order chi connectivity index (χ0) is 21.0. The Labute approximate surface area is 160 Å². The molecule has 0 saturated heterocycles. The van der Waals surface area contributed by atoms with Crippen molar-refractivity contribution >= 4 is 36.6 Å². The van der Waals surface area contributed by atoms with E-state index in [0.717, 1.165) is 0 Å². The first-order valence-electron chi connectivity index (χ1n) is 9.01. The number of rotatable bonds is 13. The van der Waals surface area contributed by atoms with Gasteiger partial charge < -0.3 is 26.5 Å². The molecule has 1 radical (unpaired) electrons. The summed E-state index contributed by atoms with van der Waals surface area (Å²) < 4.78 is 0. The highest BCUT2D eigenvalue weighted by molar-refractivity contribution is 6.73. The van der Waals surface area contributed by atoms with E-state index in [2.05, 4.69) is 16.0 Å². The Morgan fingerprint density at radius 1 is 1.04 bits per heavy atom. The average Bonchev–Trinajstić information content (AvgIpc) is 2.54. The first-order valence-corrected chi connectivity index (χ1v) is 9.01. The molecule has 0 heterocycles. The van der Waals surface area contributed by atoms with E-state index in [-0.39, 0.29) is 29.7 Å². The van der Waals surface area contributed by atoms with Gasteiger partial charge in [0.25, 0.3) is 0 Å². The minimum Gasteiger partial charge on any atom is -0.352 e. The summed E-state index contributed by atoms with van der Waals surface area (Å²) in [5.74, 6) is -1.19. The zero-order valence-electron chi connectivity index (χ0n) is 16.5. The molecular formula is C17H30BN4O5. The summed E-state index contributed by atoms with van der Waals surface area (Å²) in [4.78, 5) is 57.8. The van der Waals surface area contributed by atoms with Crippen LogP contribution in [0.25, 0.3) is 0 Å². The SMILES string of the molecule is CC(=O)[B]CCC(=O)NC(C(=O)NC(CCCNC(N)=O)C(C)=O)C(C)C. The van der Waals surface area contributed by atoms with Gasteiger partial charge in [0.15, 0.2) is 5.78 Å². The second kappa shape index (κ2) is 12.9. The number of nitrogens with two attached hydrogens (primary N) is 1. The van der Waals surface area contributed by atoms with E-state index in [0.29, 0.717) is 25.7 Å². The number of ketones is 1. The summed E-state index contributed by atoms with van der Waals surface area (Å²) in [7, 11) is 1.41. The van der Waals surface area contributed by atoms with Crippen LogP contribution < -0.4 is 21.7 Å². The van der Waals surface area contributed by atoms with E-state index in [1.165, 1.54) is 21.1 Å². The van der Waals surface area contributed by atoms with Gasteiger partial charge in [0.2, 0.25) is 19.1 Å². The van der Waals surface area contributed by atoms with Crippen molar-refractivity contribution < 1.29 is 24.0 Å². The van der Waals surface area contributed by atoms with Gasteiger partial charge in [-0.2, -0.15) is 0 Å². The third-order valence-electron chi connectivity index (χ3n) is 3.84. The summed E-state index contributed by atoms with van der Waals surface area (Å²) in [6, 6.07) is -2.15. The lowest BCUT2D eigenvalue weighted by atomic mass is 9.69. The Bertz CT molecular complexity index is 553. The van der Waals surface area contributed by atoms with Crippen molar-refractivity contribution in [2.75, 3.05) is 6.54 Å². The van der Waals surface area contributed by atoms with Crippen LogP contribution in [-0.2, 0) is 19.2 Å². The Kier molecular flexibility index (Phi) is 11.7. The number of primary amides is 1. The molecule has 10 heteroatoms. The molecular weight excluding hydrogens is 351 g/mol. The molecule has 9 nitrogen and oxygen atoms in total. The fourth-order valence-corrected chi connectivity index (χ4v) is 2.34. The summed E-state index contributed by atoms with van der Waals surface area (Å²) in [6.07, 6.45) is 1.21. The fourth-order valence-electron chi connectivity index (χ4n) is 2.34. The maximum absolute atomic E-state index is 12.5. The van der Waals surface area contributed by atoms with Gasteiger partial charge in [-0.05, 0) is 32.6 Å².